The van der Waals surface area contributed by atoms with E-state index >= 15 is 0 Å². The number of aromatic nitrogens is 2. The standard InChI is InChI=1S/C14H12N2.CH4O3S/c1-2-6-11(7-3-1)10-14-15-12-8-4-5-9-13(12)16-14;1-5(2,3)4/h1-9H,10H2,(H,15,16);1H3,(H,2,3,4). The number of hydrogen-bond donors (Lipinski definition) is 2. The van der Waals surface area contributed by atoms with Crippen molar-refractivity contribution in [2.45, 2.75) is 6.42 Å². The Morgan fingerprint density at radius 1 is 1.05 bits per heavy atom. The van der Waals surface area contributed by atoms with Crippen molar-refractivity contribution < 1.29 is 13.0 Å². The van der Waals surface area contributed by atoms with E-state index in [-0.39, 0.29) is 0 Å². The van der Waals surface area contributed by atoms with E-state index in [0.717, 1.165) is 23.3 Å². The first kappa shape index (κ1) is 15.2. The first-order valence-corrected chi connectivity index (χ1v) is 8.16. The van der Waals surface area contributed by atoms with Gasteiger partial charge in [-0.25, -0.2) is 4.98 Å². The molecule has 0 saturated heterocycles. The second kappa shape index (κ2) is 6.51. The van der Waals surface area contributed by atoms with Gasteiger partial charge in [0.1, 0.15) is 5.82 Å². The van der Waals surface area contributed by atoms with Crippen LogP contribution in [0.2, 0.25) is 0 Å². The lowest BCUT2D eigenvalue weighted by molar-refractivity contribution is 0.490. The van der Waals surface area contributed by atoms with Crippen molar-refractivity contribution in [1.29, 1.82) is 0 Å². The Morgan fingerprint density at radius 3 is 2.24 bits per heavy atom. The van der Waals surface area contributed by atoms with Gasteiger partial charge in [-0.3, -0.25) is 4.55 Å². The number of nitrogens with zero attached hydrogens (tertiary/aromatic N) is 1. The van der Waals surface area contributed by atoms with E-state index in [1.165, 1.54) is 5.56 Å². The van der Waals surface area contributed by atoms with Crippen molar-refractivity contribution in [2.75, 3.05) is 6.26 Å². The maximum Gasteiger partial charge on any atom is 0.261 e. The van der Waals surface area contributed by atoms with Crippen LogP contribution in [-0.2, 0) is 16.5 Å². The number of nitrogens with one attached hydrogen (secondary N) is 1. The largest absolute Gasteiger partial charge is 0.342 e. The van der Waals surface area contributed by atoms with Crippen LogP contribution < -0.4 is 0 Å². The molecule has 0 amide bonds. The molecule has 6 heteroatoms. The number of benzene rings is 2. The molecule has 1 aromatic heterocycles. The van der Waals surface area contributed by atoms with E-state index < -0.39 is 10.1 Å². The van der Waals surface area contributed by atoms with Gasteiger partial charge >= 0.3 is 0 Å². The molecule has 0 radical (unpaired) electrons. The molecule has 3 aromatic rings. The van der Waals surface area contributed by atoms with E-state index in [1.54, 1.807) is 0 Å². The van der Waals surface area contributed by atoms with Gasteiger partial charge in [0.15, 0.2) is 0 Å². The van der Waals surface area contributed by atoms with Gasteiger partial charge in [0.2, 0.25) is 0 Å². The molecule has 0 fully saturated rings. The Morgan fingerprint density at radius 2 is 1.62 bits per heavy atom. The molecule has 2 N–H and O–H groups in total. The van der Waals surface area contributed by atoms with Gasteiger partial charge in [-0.2, -0.15) is 8.42 Å². The first-order valence-electron chi connectivity index (χ1n) is 6.32. The third kappa shape index (κ3) is 5.37. The van der Waals surface area contributed by atoms with Crippen LogP contribution in [-0.4, -0.2) is 29.2 Å². The highest BCUT2D eigenvalue weighted by atomic mass is 32.2. The normalized spacial score (nSPS) is 11.0. The molecule has 3 rings (SSSR count). The first-order chi connectivity index (χ1) is 9.92. The summed E-state index contributed by atoms with van der Waals surface area (Å²) in [5, 5.41) is 0. The summed E-state index contributed by atoms with van der Waals surface area (Å²) in [6.07, 6.45) is 1.57. The third-order valence-electron chi connectivity index (χ3n) is 2.65. The molecule has 21 heavy (non-hydrogen) atoms. The Labute approximate surface area is 123 Å². The average molecular weight is 304 g/mol. The van der Waals surface area contributed by atoms with Gasteiger partial charge in [-0.1, -0.05) is 42.5 Å². The summed E-state index contributed by atoms with van der Waals surface area (Å²) in [5.41, 5.74) is 3.42. The fourth-order valence-corrected chi connectivity index (χ4v) is 1.88. The molecular formula is C15H16N2O3S. The SMILES string of the molecule is CS(=O)(=O)O.c1ccc(Cc2nc3ccccc3[nH]2)cc1. The smallest absolute Gasteiger partial charge is 0.261 e. The lowest BCUT2D eigenvalue weighted by atomic mass is 10.1. The topological polar surface area (TPSA) is 83.1 Å². The van der Waals surface area contributed by atoms with Crippen LogP contribution in [0.5, 0.6) is 0 Å². The van der Waals surface area contributed by atoms with Crippen molar-refractivity contribution in [3.63, 3.8) is 0 Å². The monoisotopic (exact) mass is 304 g/mol. The van der Waals surface area contributed by atoms with Gasteiger partial charge in [0.05, 0.1) is 17.3 Å². The molecule has 0 atom stereocenters. The third-order valence-corrected chi connectivity index (χ3v) is 2.65. The summed E-state index contributed by atoms with van der Waals surface area (Å²) in [6, 6.07) is 18.5. The quantitative estimate of drug-likeness (QED) is 0.713. The number of fused-ring (bicyclic) bond motifs is 1. The zero-order chi connectivity index (χ0) is 15.3. The summed E-state index contributed by atoms with van der Waals surface area (Å²) in [6.45, 7) is 0. The number of imidazole rings is 1. The van der Waals surface area contributed by atoms with Crippen LogP contribution in [0.3, 0.4) is 0 Å². The van der Waals surface area contributed by atoms with E-state index in [4.69, 9.17) is 4.55 Å². The van der Waals surface area contributed by atoms with Crippen LogP contribution in [0.15, 0.2) is 54.6 Å². The number of para-hydroxylation sites is 2. The molecule has 5 nitrogen and oxygen atoms in total. The molecule has 0 aliphatic carbocycles. The Balaban J connectivity index is 0.000000282. The molecule has 2 aromatic carbocycles. The number of aromatic amines is 1. The molecular weight excluding hydrogens is 288 g/mol. The fraction of sp³-hybridized carbons (Fsp3) is 0.133. The summed E-state index contributed by atoms with van der Waals surface area (Å²) < 4.78 is 25.9. The predicted molar refractivity (Wildman–Crippen MR) is 82.8 cm³/mol. The van der Waals surface area contributed by atoms with E-state index in [2.05, 4.69) is 40.3 Å². The molecule has 1 heterocycles. The van der Waals surface area contributed by atoms with Gasteiger partial charge in [0.25, 0.3) is 10.1 Å². The second-order valence-corrected chi connectivity index (χ2v) is 6.06. The highest BCUT2D eigenvalue weighted by Crippen LogP contribution is 2.13. The number of rotatable bonds is 2. The molecule has 0 unspecified atom stereocenters. The van der Waals surface area contributed by atoms with Gasteiger partial charge < -0.3 is 4.98 Å². The maximum absolute atomic E-state index is 9.19. The highest BCUT2D eigenvalue weighted by molar-refractivity contribution is 7.85. The maximum atomic E-state index is 9.19. The van der Waals surface area contributed by atoms with E-state index in [9.17, 15) is 8.42 Å². The highest BCUT2D eigenvalue weighted by Gasteiger charge is 2.02. The summed E-state index contributed by atoms with van der Waals surface area (Å²) in [7, 11) is -3.67. The zero-order valence-corrected chi connectivity index (χ0v) is 12.3. The van der Waals surface area contributed by atoms with Crippen molar-refractivity contribution in [3.05, 3.63) is 66.0 Å². The van der Waals surface area contributed by atoms with Gasteiger partial charge in [0, 0.05) is 6.42 Å². The fourth-order valence-electron chi connectivity index (χ4n) is 1.88. The molecule has 110 valence electrons. The van der Waals surface area contributed by atoms with Crippen LogP contribution in [0.25, 0.3) is 11.0 Å². The minimum atomic E-state index is -3.67. The van der Waals surface area contributed by atoms with Crippen molar-refractivity contribution in [3.8, 4) is 0 Å². The molecule has 0 saturated carbocycles. The predicted octanol–water partition coefficient (Wildman–Crippen LogP) is 2.66. The summed E-state index contributed by atoms with van der Waals surface area (Å²) in [4.78, 5) is 7.89. The minimum absolute atomic E-state index is 0.715. The summed E-state index contributed by atoms with van der Waals surface area (Å²) >= 11 is 0. The number of H-pyrrole nitrogens is 1. The zero-order valence-electron chi connectivity index (χ0n) is 11.5. The Hall–Kier alpha value is -2.18. The van der Waals surface area contributed by atoms with Crippen LogP contribution in [0.1, 0.15) is 11.4 Å². The minimum Gasteiger partial charge on any atom is -0.342 e. The average Bonchev–Trinajstić information content (AvgIpc) is 2.80. The summed E-state index contributed by atoms with van der Waals surface area (Å²) in [5.74, 6) is 1.02. The van der Waals surface area contributed by atoms with Crippen LogP contribution >= 0.6 is 0 Å². The molecule has 0 aliphatic rings. The lowest BCUT2D eigenvalue weighted by Gasteiger charge is -1.96. The van der Waals surface area contributed by atoms with E-state index in [0.29, 0.717) is 6.26 Å². The molecule has 0 spiro atoms. The van der Waals surface area contributed by atoms with E-state index in [1.807, 2.05) is 24.3 Å². The van der Waals surface area contributed by atoms with Crippen molar-refractivity contribution in [1.82, 2.24) is 9.97 Å². The Kier molecular flexibility index (Phi) is 4.72. The Bertz CT molecular complexity index is 770. The molecule has 0 aliphatic heterocycles. The van der Waals surface area contributed by atoms with Crippen LogP contribution in [0, 0.1) is 0 Å². The van der Waals surface area contributed by atoms with Gasteiger partial charge in [-0.15, -0.1) is 0 Å². The number of hydrogen-bond acceptors (Lipinski definition) is 3. The second-order valence-electron chi connectivity index (χ2n) is 4.60. The van der Waals surface area contributed by atoms with Crippen LogP contribution in [0.4, 0.5) is 0 Å². The van der Waals surface area contributed by atoms with Crippen molar-refractivity contribution >= 4 is 21.2 Å². The van der Waals surface area contributed by atoms with Gasteiger partial charge in [-0.05, 0) is 17.7 Å². The lowest BCUT2D eigenvalue weighted by Crippen LogP contribution is -1.89. The van der Waals surface area contributed by atoms with Crippen molar-refractivity contribution in [2.24, 2.45) is 0 Å². The molecule has 0 bridgehead atoms.